The van der Waals surface area contributed by atoms with Crippen LogP contribution in [0.5, 0.6) is 0 Å². The van der Waals surface area contributed by atoms with Gasteiger partial charge in [-0.3, -0.25) is 25.0 Å². The Balaban J connectivity index is 1.08. The molecule has 4 aromatic carbocycles. The van der Waals surface area contributed by atoms with Crippen molar-refractivity contribution in [3.05, 3.63) is 140 Å². The number of esters is 1. The van der Waals surface area contributed by atoms with Crippen molar-refractivity contribution < 1.29 is 42.6 Å². The summed E-state index contributed by atoms with van der Waals surface area (Å²) in [6, 6.07) is 31.5. The molecule has 0 spiro atoms. The lowest BCUT2D eigenvalue weighted by atomic mass is 10.0. The number of carbonyl (C=O) groups is 2. The van der Waals surface area contributed by atoms with Crippen LogP contribution in [0.3, 0.4) is 0 Å². The van der Waals surface area contributed by atoms with E-state index in [-0.39, 0.29) is 24.4 Å². The molecule has 1 saturated heterocycles. The van der Waals surface area contributed by atoms with Gasteiger partial charge >= 0.3 is 12.1 Å². The molecule has 0 saturated carbocycles. The van der Waals surface area contributed by atoms with Gasteiger partial charge in [-0.15, -0.1) is 0 Å². The normalized spacial score (nSPS) is 14.7. The summed E-state index contributed by atoms with van der Waals surface area (Å²) in [5.41, 5.74) is 5.31. The van der Waals surface area contributed by atoms with Crippen LogP contribution in [0, 0.1) is 20.2 Å². The highest BCUT2D eigenvalue weighted by Gasteiger charge is 2.30. The number of nitro benzene ring substituents is 2. The van der Waals surface area contributed by atoms with E-state index in [4.69, 9.17) is 14.2 Å². The van der Waals surface area contributed by atoms with Gasteiger partial charge in [-0.05, 0) is 54.7 Å². The number of quaternary nitrogens is 2. The van der Waals surface area contributed by atoms with E-state index in [0.29, 0.717) is 30.5 Å². The average molecular weight is 741 g/mol. The van der Waals surface area contributed by atoms with Crippen molar-refractivity contribution in [3.8, 4) is 11.1 Å². The highest BCUT2D eigenvalue weighted by Crippen LogP contribution is 2.26. The zero-order valence-electron chi connectivity index (χ0n) is 30.7. The highest BCUT2D eigenvalue weighted by molar-refractivity contribution is 5.69. The van der Waals surface area contributed by atoms with E-state index in [2.05, 4.69) is 36.4 Å². The Kier molecular flexibility index (Phi) is 13.8. The number of hydrogen-bond donors (Lipinski definition) is 0. The molecule has 1 atom stereocenters. The van der Waals surface area contributed by atoms with Crippen molar-refractivity contribution in [2.45, 2.75) is 51.7 Å². The number of carbonyl (C=O) groups excluding carboxylic acids is 2. The maximum absolute atomic E-state index is 12.5. The van der Waals surface area contributed by atoms with E-state index < -0.39 is 28.8 Å². The molecule has 54 heavy (non-hydrogen) atoms. The molecule has 1 aliphatic heterocycles. The summed E-state index contributed by atoms with van der Waals surface area (Å²) in [6.45, 7) is 4.51. The lowest BCUT2D eigenvalue weighted by Gasteiger charge is -2.41. The SMILES string of the molecule is C[N+](CCOC(=O)OCOC(=O)CCC[N+]1(Cc2ccc([N+](=O)[O-])cc2)CCCCC1)(Cc1ccc(-c2ccccc2)cc1)Cc1ccc([N+](=O)[O-])cc1. The summed E-state index contributed by atoms with van der Waals surface area (Å²) in [5, 5.41) is 22.2. The zero-order chi connectivity index (χ0) is 38.4. The molecule has 1 heterocycles. The fraction of sp³-hybridized carbons (Fsp3) is 0.366. The highest BCUT2D eigenvalue weighted by atomic mass is 16.8. The first kappa shape index (κ1) is 39.5. The fourth-order valence-electron chi connectivity index (χ4n) is 7.17. The zero-order valence-corrected chi connectivity index (χ0v) is 30.7. The standard InChI is InChI=1S/C41H48N4O9/c1-44(30-34-14-20-38(21-15-34)42(48)49,29-33-12-18-37(19-13-33)36-9-4-2-5-10-36)27-28-52-41(47)54-32-53-40(46)11-8-26-45(24-6-3-7-25-45)31-35-16-22-39(23-17-35)43(50)51/h2,4-5,9-10,12-23H,3,6-8,11,24-32H2,1H3/q+2. The van der Waals surface area contributed by atoms with E-state index >= 15 is 0 Å². The summed E-state index contributed by atoms with van der Waals surface area (Å²) in [7, 11) is 2.03. The third-order valence-electron chi connectivity index (χ3n) is 10.0. The topological polar surface area (TPSA) is 148 Å². The maximum Gasteiger partial charge on any atom is 0.511 e. The van der Waals surface area contributed by atoms with Crippen LogP contribution in [0.25, 0.3) is 11.1 Å². The smallest absolute Gasteiger partial charge is 0.428 e. The number of hydrogen-bond acceptors (Lipinski definition) is 9. The molecule has 4 aromatic rings. The summed E-state index contributed by atoms with van der Waals surface area (Å²) >= 11 is 0. The van der Waals surface area contributed by atoms with E-state index in [1.807, 2.05) is 25.2 Å². The Hall–Kier alpha value is -5.66. The lowest BCUT2D eigenvalue weighted by Crippen LogP contribution is -2.51. The molecule has 0 bridgehead atoms. The quantitative estimate of drug-likeness (QED) is 0.0326. The van der Waals surface area contributed by atoms with Gasteiger partial charge < -0.3 is 23.2 Å². The Morgan fingerprint density at radius 3 is 1.80 bits per heavy atom. The van der Waals surface area contributed by atoms with Gasteiger partial charge in [0.25, 0.3) is 11.4 Å². The van der Waals surface area contributed by atoms with E-state index in [9.17, 15) is 29.8 Å². The van der Waals surface area contributed by atoms with Crippen LogP contribution < -0.4 is 0 Å². The van der Waals surface area contributed by atoms with Gasteiger partial charge in [0.2, 0.25) is 6.79 Å². The van der Waals surface area contributed by atoms with Crippen molar-refractivity contribution in [2.24, 2.45) is 0 Å². The van der Waals surface area contributed by atoms with Crippen LogP contribution in [0.1, 0.15) is 48.8 Å². The number of likely N-dealkylation sites (tertiary alicyclic amines) is 1. The Bertz CT molecular complexity index is 1850. The number of nitro groups is 2. The largest absolute Gasteiger partial charge is 0.511 e. The molecule has 0 radical (unpaired) electrons. The molecule has 0 N–H and O–H groups in total. The predicted octanol–water partition coefficient (Wildman–Crippen LogP) is 7.95. The molecule has 0 amide bonds. The van der Waals surface area contributed by atoms with Crippen LogP contribution in [0.4, 0.5) is 16.2 Å². The number of nitrogens with zero attached hydrogens (tertiary/aromatic N) is 4. The van der Waals surface area contributed by atoms with Crippen LogP contribution in [-0.4, -0.2) is 77.6 Å². The second-order valence-electron chi connectivity index (χ2n) is 14.3. The number of rotatable bonds is 18. The number of ether oxygens (including phenoxy) is 3. The molecular formula is C41H48N4O9+2. The number of piperidine rings is 1. The molecule has 13 heteroatoms. The molecule has 13 nitrogen and oxygen atoms in total. The van der Waals surface area contributed by atoms with Crippen molar-refractivity contribution in [2.75, 3.05) is 46.6 Å². The number of likely N-dealkylation sites (N-methyl/N-ethyl adjacent to an activating group) is 1. The Labute approximate surface area is 315 Å². The molecule has 5 rings (SSSR count). The van der Waals surface area contributed by atoms with Gasteiger partial charge in [-0.2, -0.15) is 0 Å². The van der Waals surface area contributed by atoms with Crippen LogP contribution in [0.2, 0.25) is 0 Å². The Morgan fingerprint density at radius 2 is 1.22 bits per heavy atom. The summed E-state index contributed by atoms with van der Waals surface area (Å²) < 4.78 is 16.9. The van der Waals surface area contributed by atoms with Crippen molar-refractivity contribution >= 4 is 23.5 Å². The third kappa shape index (κ3) is 11.9. The van der Waals surface area contributed by atoms with Gasteiger partial charge in [0.05, 0.1) is 42.9 Å². The summed E-state index contributed by atoms with van der Waals surface area (Å²) in [6.07, 6.45) is 3.16. The second kappa shape index (κ2) is 18.9. The molecule has 284 valence electrons. The first-order valence-corrected chi connectivity index (χ1v) is 18.3. The van der Waals surface area contributed by atoms with Gasteiger partial charge in [0, 0.05) is 47.4 Å². The average Bonchev–Trinajstić information content (AvgIpc) is 3.16. The number of non-ortho nitro benzene ring substituents is 2. The molecule has 1 fully saturated rings. The molecule has 1 unspecified atom stereocenters. The van der Waals surface area contributed by atoms with E-state index in [1.165, 1.54) is 24.3 Å². The second-order valence-corrected chi connectivity index (χ2v) is 14.3. The summed E-state index contributed by atoms with van der Waals surface area (Å²) in [4.78, 5) is 46.4. The molecule has 0 aliphatic carbocycles. The molecule has 1 aliphatic rings. The first-order chi connectivity index (χ1) is 26.0. The lowest BCUT2D eigenvalue weighted by molar-refractivity contribution is -0.945. The van der Waals surface area contributed by atoms with Gasteiger partial charge in [0.15, 0.2) is 0 Å². The minimum absolute atomic E-state index is 0.0169. The van der Waals surface area contributed by atoms with E-state index in [0.717, 1.165) is 77.7 Å². The minimum Gasteiger partial charge on any atom is -0.428 e. The van der Waals surface area contributed by atoms with Crippen molar-refractivity contribution in [1.82, 2.24) is 0 Å². The van der Waals surface area contributed by atoms with E-state index in [1.54, 1.807) is 24.3 Å². The van der Waals surface area contributed by atoms with Crippen molar-refractivity contribution in [1.29, 1.82) is 0 Å². The van der Waals surface area contributed by atoms with Crippen LogP contribution >= 0.6 is 0 Å². The monoisotopic (exact) mass is 740 g/mol. The third-order valence-corrected chi connectivity index (χ3v) is 10.0. The van der Waals surface area contributed by atoms with Gasteiger partial charge in [-0.25, -0.2) is 4.79 Å². The van der Waals surface area contributed by atoms with Crippen LogP contribution in [-0.2, 0) is 38.6 Å². The van der Waals surface area contributed by atoms with Crippen LogP contribution in [0.15, 0.2) is 103 Å². The van der Waals surface area contributed by atoms with Crippen molar-refractivity contribution in [3.63, 3.8) is 0 Å². The first-order valence-electron chi connectivity index (χ1n) is 18.3. The Morgan fingerprint density at radius 1 is 0.685 bits per heavy atom. The van der Waals surface area contributed by atoms with Gasteiger partial charge in [0.1, 0.15) is 32.8 Å². The maximum atomic E-state index is 12.5. The molecule has 0 aromatic heterocycles. The predicted molar refractivity (Wildman–Crippen MR) is 202 cm³/mol. The molecular weight excluding hydrogens is 692 g/mol. The van der Waals surface area contributed by atoms with Gasteiger partial charge in [-0.1, -0.05) is 54.6 Å². The number of benzene rings is 4. The minimum atomic E-state index is -0.946. The summed E-state index contributed by atoms with van der Waals surface area (Å²) in [5.74, 6) is -0.473. The fourth-order valence-corrected chi connectivity index (χ4v) is 7.17.